The molecule has 0 aromatic heterocycles. The molecule has 6 N–H and O–H groups in total. The Bertz CT molecular complexity index is 405. The zero-order valence-electron chi connectivity index (χ0n) is 12.5. The zero-order valence-corrected chi connectivity index (χ0v) is 15.2. The maximum Gasteiger partial charge on any atom is 0.366 e. The molecule has 10 nitrogen and oxygen atoms in total. The Hall–Kier alpha value is 0.410. The molecule has 0 aromatic carbocycles. The van der Waals surface area contributed by atoms with Gasteiger partial charge in [0.2, 0.25) is 0 Å². The van der Waals surface area contributed by atoms with E-state index in [1.54, 1.807) is 6.92 Å². The fourth-order valence-corrected chi connectivity index (χ4v) is 3.92. The minimum absolute atomic E-state index is 0.306. The predicted octanol–water partition coefficient (Wildman–Crippen LogP) is 1.41. The lowest BCUT2D eigenvalue weighted by molar-refractivity contribution is 0.220. The number of rotatable bonds is 9. The van der Waals surface area contributed by atoms with Gasteiger partial charge in [-0.05, 0) is 13.3 Å². The van der Waals surface area contributed by atoms with Crippen molar-refractivity contribution in [1.82, 2.24) is 0 Å². The fraction of sp³-hybridized carbons (Fsp3) is 1.00. The second kappa shape index (κ2) is 11.0. The average molecular weight is 386 g/mol. The molecule has 0 amide bonds. The summed E-state index contributed by atoms with van der Waals surface area (Å²) in [6.07, 6.45) is 4.40. The van der Waals surface area contributed by atoms with Gasteiger partial charge in [-0.3, -0.25) is 13.7 Å². The molecule has 0 spiro atoms. The molecule has 0 aromatic rings. The highest BCUT2D eigenvalue weighted by Crippen LogP contribution is 2.58. The van der Waals surface area contributed by atoms with Crippen molar-refractivity contribution in [3.05, 3.63) is 0 Å². The van der Waals surface area contributed by atoms with Gasteiger partial charge in [0.25, 0.3) is 5.59 Å². The molecule has 0 fully saturated rings. The van der Waals surface area contributed by atoms with Crippen LogP contribution < -0.4 is 0 Å². The third-order valence-electron chi connectivity index (χ3n) is 2.23. The van der Waals surface area contributed by atoms with Gasteiger partial charge in [-0.15, -0.1) is 0 Å². The maximum atomic E-state index is 11.1. The van der Waals surface area contributed by atoms with Gasteiger partial charge in [0.15, 0.2) is 0 Å². The van der Waals surface area contributed by atoms with Crippen LogP contribution in [0.3, 0.4) is 0 Å². The molecule has 0 aliphatic carbocycles. The Morgan fingerprint density at radius 3 is 1.59 bits per heavy atom. The topological polar surface area (TPSA) is 182 Å². The Labute approximate surface area is 129 Å². The molecular weight excluding hydrogens is 361 g/mol. The van der Waals surface area contributed by atoms with Crippen LogP contribution in [-0.2, 0) is 18.2 Å². The van der Waals surface area contributed by atoms with Crippen molar-refractivity contribution in [1.29, 1.82) is 0 Å². The number of hydrogen-bond donors (Lipinski definition) is 6. The molecule has 0 rings (SSSR count). The summed E-state index contributed by atoms with van der Waals surface area (Å²) in [5, 5.41) is 8.20. The Morgan fingerprint density at radius 1 is 0.864 bits per heavy atom. The number of unbranched alkanes of at least 4 members (excludes halogenated alkanes) is 3. The molecule has 0 aliphatic rings. The number of aliphatic hydroxyl groups excluding tert-OH is 1. The third kappa shape index (κ3) is 14.0. The summed E-state index contributed by atoms with van der Waals surface area (Å²) < 4.78 is 35.7. The normalized spacial score (nSPS) is 15.1. The Morgan fingerprint density at radius 2 is 1.32 bits per heavy atom. The molecule has 0 radical (unpaired) electrons. The smallest absolute Gasteiger partial charge is 0.366 e. The fourth-order valence-electron chi connectivity index (χ4n) is 1.20. The first-order valence-corrected chi connectivity index (χ1v) is 11.6. The van der Waals surface area contributed by atoms with Crippen LogP contribution in [0.15, 0.2) is 0 Å². The highest BCUT2D eigenvalue weighted by molar-refractivity contribution is 7.70. The lowest BCUT2D eigenvalue weighted by atomic mass is 10.2. The summed E-state index contributed by atoms with van der Waals surface area (Å²) in [6, 6.07) is 0. The largest absolute Gasteiger partial charge is 0.370 e. The van der Waals surface area contributed by atoms with Crippen molar-refractivity contribution < 1.29 is 47.8 Å². The van der Waals surface area contributed by atoms with Gasteiger partial charge in [0.1, 0.15) is 0 Å². The first-order chi connectivity index (χ1) is 9.78. The van der Waals surface area contributed by atoms with Gasteiger partial charge < -0.3 is 34.1 Å². The van der Waals surface area contributed by atoms with E-state index in [-0.39, 0.29) is 0 Å². The second-order valence-electron chi connectivity index (χ2n) is 4.36. The summed E-state index contributed by atoms with van der Waals surface area (Å²) in [6.45, 7) is 4.16. The van der Waals surface area contributed by atoms with E-state index in [2.05, 4.69) is 6.92 Å². The van der Waals surface area contributed by atoms with E-state index in [0.717, 1.165) is 25.7 Å². The second-order valence-corrected chi connectivity index (χ2v) is 10.1. The van der Waals surface area contributed by atoms with Gasteiger partial charge >= 0.3 is 22.8 Å². The van der Waals surface area contributed by atoms with Gasteiger partial charge in [-0.25, -0.2) is 0 Å². The lowest BCUT2D eigenvalue weighted by Crippen LogP contribution is -2.06. The Balaban J connectivity index is 0. The van der Waals surface area contributed by atoms with E-state index in [1.165, 1.54) is 0 Å². The molecule has 1 unspecified atom stereocenters. The minimum atomic E-state index is -5.09. The summed E-state index contributed by atoms with van der Waals surface area (Å²) in [5.41, 5.74) is -2.90. The van der Waals surface area contributed by atoms with Crippen LogP contribution >= 0.6 is 22.8 Å². The average Bonchev–Trinajstić information content (AvgIpc) is 2.32. The summed E-state index contributed by atoms with van der Waals surface area (Å²) in [7, 11) is -13.4. The molecule has 13 heteroatoms. The zero-order chi connectivity index (χ0) is 18.0. The Kier molecular flexibility index (Phi) is 12.4. The molecule has 22 heavy (non-hydrogen) atoms. The van der Waals surface area contributed by atoms with E-state index in [9.17, 15) is 13.7 Å². The van der Waals surface area contributed by atoms with Crippen molar-refractivity contribution >= 4 is 22.8 Å². The van der Waals surface area contributed by atoms with Crippen LogP contribution in [-0.4, -0.2) is 47.9 Å². The number of hydrogen-bond acceptors (Lipinski definition) is 5. The van der Waals surface area contributed by atoms with E-state index < -0.39 is 28.4 Å². The van der Waals surface area contributed by atoms with Gasteiger partial charge in [0, 0.05) is 6.16 Å². The quantitative estimate of drug-likeness (QED) is 0.250. The highest BCUT2D eigenvalue weighted by atomic mass is 31.2. The van der Waals surface area contributed by atoms with Gasteiger partial charge in [0.05, 0.1) is 6.61 Å². The molecule has 1 atom stereocenters. The maximum absolute atomic E-state index is 11.1. The first kappa shape index (κ1) is 24.7. The SMILES string of the molecule is CCCCCCP(=O)(O)OCC.O=P(O)(O)C(O)P(=O)(O)O. The van der Waals surface area contributed by atoms with E-state index in [4.69, 9.17) is 34.1 Å². The van der Waals surface area contributed by atoms with Crippen molar-refractivity contribution in [2.24, 2.45) is 0 Å². The van der Waals surface area contributed by atoms with Crippen LogP contribution in [0.4, 0.5) is 0 Å². The monoisotopic (exact) mass is 386 g/mol. The van der Waals surface area contributed by atoms with Crippen LogP contribution in [0.1, 0.15) is 39.5 Å². The van der Waals surface area contributed by atoms with Crippen LogP contribution in [0, 0.1) is 0 Å². The lowest BCUT2D eigenvalue weighted by Gasteiger charge is -2.12. The minimum Gasteiger partial charge on any atom is -0.370 e. The summed E-state index contributed by atoms with van der Waals surface area (Å²) in [4.78, 5) is 41.1. The standard InChI is InChI=1S/C8H19O3P.CH6O7P2/c1-3-5-6-7-8-12(9,10)11-4-2;2-1(9(3,4)5)10(6,7)8/h3-8H2,1-2H3,(H,9,10);1-2H,(H2,3,4,5)(H2,6,7,8). The predicted molar refractivity (Wildman–Crippen MR) is 80.6 cm³/mol. The molecule has 0 saturated carbocycles. The summed E-state index contributed by atoms with van der Waals surface area (Å²) >= 11 is 0. The molecule has 0 saturated heterocycles. The van der Waals surface area contributed by atoms with E-state index in [0.29, 0.717) is 12.8 Å². The van der Waals surface area contributed by atoms with Crippen molar-refractivity contribution in [3.8, 4) is 0 Å². The van der Waals surface area contributed by atoms with Crippen LogP contribution in [0.25, 0.3) is 0 Å². The van der Waals surface area contributed by atoms with Crippen molar-refractivity contribution in [2.45, 2.75) is 45.1 Å². The van der Waals surface area contributed by atoms with E-state index in [1.807, 2.05) is 0 Å². The van der Waals surface area contributed by atoms with Crippen molar-refractivity contribution in [3.63, 3.8) is 0 Å². The van der Waals surface area contributed by atoms with Gasteiger partial charge in [-0.1, -0.05) is 26.2 Å². The molecular formula is C9H25O10P3. The molecule has 0 aliphatic heterocycles. The van der Waals surface area contributed by atoms with Crippen molar-refractivity contribution in [2.75, 3.05) is 12.8 Å². The molecule has 136 valence electrons. The third-order valence-corrected chi connectivity index (χ3v) is 6.78. The van der Waals surface area contributed by atoms with Crippen LogP contribution in [0.2, 0.25) is 0 Å². The van der Waals surface area contributed by atoms with Crippen LogP contribution in [0.5, 0.6) is 0 Å². The first-order valence-electron chi connectivity index (χ1n) is 6.52. The molecule has 0 heterocycles. The van der Waals surface area contributed by atoms with E-state index >= 15 is 0 Å². The van der Waals surface area contributed by atoms with Gasteiger partial charge in [-0.2, -0.15) is 0 Å². The number of aliphatic hydroxyl groups is 1. The highest BCUT2D eigenvalue weighted by Gasteiger charge is 2.41. The summed E-state index contributed by atoms with van der Waals surface area (Å²) in [5.74, 6) is 0. The molecule has 0 bridgehead atoms.